The van der Waals surface area contributed by atoms with Gasteiger partial charge in [-0.05, 0) is 25.2 Å². The summed E-state index contributed by atoms with van der Waals surface area (Å²) in [5.41, 5.74) is 0. The normalized spacial score (nSPS) is 13.5. The van der Waals surface area contributed by atoms with Crippen molar-refractivity contribution in [2.45, 2.75) is 33.6 Å². The molecule has 13 heavy (non-hydrogen) atoms. The Morgan fingerprint density at radius 1 is 1.46 bits per heavy atom. The third-order valence-corrected chi connectivity index (χ3v) is 2.18. The Hall–Kier alpha value is -0.850. The second-order valence-electron chi connectivity index (χ2n) is 3.77. The van der Waals surface area contributed by atoms with Crippen LogP contribution in [0.5, 0.6) is 0 Å². The minimum absolute atomic E-state index is 0.276. The highest BCUT2D eigenvalue weighted by Gasteiger charge is 2.09. The molecule has 0 fully saturated rings. The van der Waals surface area contributed by atoms with Crippen LogP contribution in [0, 0.1) is 11.8 Å². The molecule has 0 aliphatic rings. The van der Waals surface area contributed by atoms with Gasteiger partial charge in [-0.3, -0.25) is 0 Å². The molecule has 0 saturated carbocycles. The summed E-state index contributed by atoms with van der Waals surface area (Å²) in [4.78, 5) is 10.8. The molecular formula is C12H20O. The molecule has 0 aromatic carbocycles. The molecule has 0 rings (SSSR count). The van der Waals surface area contributed by atoms with Gasteiger partial charge >= 0.3 is 0 Å². The maximum atomic E-state index is 10.8. The van der Waals surface area contributed by atoms with Gasteiger partial charge in [-0.2, -0.15) is 0 Å². The third-order valence-electron chi connectivity index (χ3n) is 2.18. The number of hydrogen-bond acceptors (Lipinski definition) is 1. The summed E-state index contributed by atoms with van der Waals surface area (Å²) in [6, 6.07) is 0. The molecule has 0 radical (unpaired) electrons. The van der Waals surface area contributed by atoms with E-state index in [-0.39, 0.29) is 5.78 Å². The van der Waals surface area contributed by atoms with Crippen molar-refractivity contribution < 1.29 is 4.79 Å². The molecule has 0 unspecified atom stereocenters. The van der Waals surface area contributed by atoms with Crippen LogP contribution in [0.15, 0.2) is 24.8 Å². The van der Waals surface area contributed by atoms with Gasteiger partial charge in [0.05, 0.1) is 0 Å². The summed E-state index contributed by atoms with van der Waals surface area (Å²) >= 11 is 0. The molecule has 1 nitrogen and oxygen atoms in total. The van der Waals surface area contributed by atoms with Gasteiger partial charge in [0.2, 0.25) is 0 Å². The summed E-state index contributed by atoms with van der Waals surface area (Å²) < 4.78 is 0. The maximum absolute atomic E-state index is 10.8. The lowest BCUT2D eigenvalue weighted by atomic mass is 9.90. The lowest BCUT2D eigenvalue weighted by molar-refractivity contribution is -0.117. The van der Waals surface area contributed by atoms with Gasteiger partial charge in [0.25, 0.3) is 0 Å². The zero-order valence-corrected chi connectivity index (χ0v) is 8.92. The van der Waals surface area contributed by atoms with E-state index >= 15 is 0 Å². The van der Waals surface area contributed by atoms with Crippen molar-refractivity contribution in [2.75, 3.05) is 0 Å². The van der Waals surface area contributed by atoms with Crippen LogP contribution < -0.4 is 0 Å². The molecule has 0 aromatic rings. The van der Waals surface area contributed by atoms with Crippen LogP contribution >= 0.6 is 0 Å². The van der Waals surface area contributed by atoms with Gasteiger partial charge in [0.1, 0.15) is 5.78 Å². The Kier molecular flexibility index (Phi) is 6.21. The summed E-state index contributed by atoms with van der Waals surface area (Å²) in [7, 11) is 0. The zero-order valence-electron chi connectivity index (χ0n) is 8.92. The van der Waals surface area contributed by atoms with Gasteiger partial charge in [0.15, 0.2) is 0 Å². The smallest absolute Gasteiger partial charge is 0.129 e. The van der Waals surface area contributed by atoms with Crippen molar-refractivity contribution in [3.8, 4) is 0 Å². The van der Waals surface area contributed by atoms with Gasteiger partial charge in [0, 0.05) is 6.42 Å². The van der Waals surface area contributed by atoms with E-state index in [1.165, 1.54) is 0 Å². The van der Waals surface area contributed by atoms with Crippen LogP contribution in [0.25, 0.3) is 0 Å². The SMILES string of the molecule is C=C/C=C\[C@H](CCC(C)=O)C(C)C. The van der Waals surface area contributed by atoms with Crippen molar-refractivity contribution in [1.29, 1.82) is 0 Å². The van der Waals surface area contributed by atoms with Crippen molar-refractivity contribution >= 4 is 5.78 Å². The first-order valence-electron chi connectivity index (χ1n) is 4.86. The molecule has 0 spiro atoms. The first kappa shape index (κ1) is 12.2. The minimum Gasteiger partial charge on any atom is -0.300 e. The molecule has 0 saturated heterocycles. The van der Waals surface area contributed by atoms with Gasteiger partial charge in [-0.25, -0.2) is 0 Å². The summed E-state index contributed by atoms with van der Waals surface area (Å²) in [6.45, 7) is 9.64. The topological polar surface area (TPSA) is 17.1 Å². The van der Waals surface area contributed by atoms with E-state index in [1.54, 1.807) is 13.0 Å². The standard InChI is InChI=1S/C12H20O/c1-5-6-7-12(10(2)3)9-8-11(4)13/h5-7,10,12H,1,8-9H2,2-4H3/b7-6-/t12-/m1/s1. The van der Waals surface area contributed by atoms with Crippen LogP contribution in [0.2, 0.25) is 0 Å². The second kappa shape index (κ2) is 6.64. The highest BCUT2D eigenvalue weighted by Crippen LogP contribution is 2.18. The van der Waals surface area contributed by atoms with E-state index in [0.717, 1.165) is 6.42 Å². The average molecular weight is 180 g/mol. The molecule has 0 aliphatic carbocycles. The fourth-order valence-electron chi connectivity index (χ4n) is 1.24. The van der Waals surface area contributed by atoms with Gasteiger partial charge in [-0.15, -0.1) is 0 Å². The molecule has 0 aliphatic heterocycles. The van der Waals surface area contributed by atoms with Crippen LogP contribution in [0.3, 0.4) is 0 Å². The molecular weight excluding hydrogens is 160 g/mol. The predicted octanol–water partition coefficient (Wildman–Crippen LogP) is 3.37. The number of carbonyl (C=O) groups excluding carboxylic acids is 1. The fraction of sp³-hybridized carbons (Fsp3) is 0.583. The number of Topliss-reactive ketones (excluding diaryl/α,β-unsaturated/α-hetero) is 1. The van der Waals surface area contributed by atoms with Gasteiger partial charge in [-0.1, -0.05) is 38.7 Å². The van der Waals surface area contributed by atoms with E-state index in [9.17, 15) is 4.79 Å². The molecule has 1 atom stereocenters. The van der Waals surface area contributed by atoms with Crippen molar-refractivity contribution in [1.82, 2.24) is 0 Å². The molecule has 1 heteroatoms. The van der Waals surface area contributed by atoms with E-state index in [0.29, 0.717) is 18.3 Å². The Labute approximate surface area is 81.5 Å². The van der Waals surface area contributed by atoms with E-state index in [2.05, 4.69) is 26.5 Å². The average Bonchev–Trinajstić information content (AvgIpc) is 2.03. The quantitative estimate of drug-likeness (QED) is 0.573. The fourth-order valence-corrected chi connectivity index (χ4v) is 1.24. The first-order chi connectivity index (χ1) is 6.07. The van der Waals surface area contributed by atoms with Crippen LogP contribution in [0.4, 0.5) is 0 Å². The van der Waals surface area contributed by atoms with Crippen molar-refractivity contribution in [3.05, 3.63) is 24.8 Å². The first-order valence-corrected chi connectivity index (χ1v) is 4.86. The monoisotopic (exact) mass is 180 g/mol. The van der Waals surface area contributed by atoms with Crippen molar-refractivity contribution in [3.63, 3.8) is 0 Å². The number of rotatable bonds is 6. The predicted molar refractivity (Wildman–Crippen MR) is 57.6 cm³/mol. The summed E-state index contributed by atoms with van der Waals surface area (Å²) in [5.74, 6) is 1.37. The van der Waals surface area contributed by atoms with E-state index in [4.69, 9.17) is 0 Å². The Balaban J connectivity index is 4.02. The second-order valence-corrected chi connectivity index (χ2v) is 3.77. The third kappa shape index (κ3) is 6.32. The molecule has 0 N–H and O–H groups in total. The minimum atomic E-state index is 0.276. The number of allylic oxidation sites excluding steroid dienone is 3. The summed E-state index contributed by atoms with van der Waals surface area (Å²) in [6.07, 6.45) is 7.52. The highest BCUT2D eigenvalue weighted by atomic mass is 16.1. The Morgan fingerprint density at radius 2 is 2.08 bits per heavy atom. The number of carbonyl (C=O) groups is 1. The largest absolute Gasteiger partial charge is 0.300 e. The molecule has 0 amide bonds. The van der Waals surface area contributed by atoms with Gasteiger partial charge < -0.3 is 4.79 Å². The lowest BCUT2D eigenvalue weighted by Crippen LogP contribution is -2.07. The summed E-state index contributed by atoms with van der Waals surface area (Å²) in [5, 5.41) is 0. The van der Waals surface area contributed by atoms with E-state index < -0.39 is 0 Å². The maximum Gasteiger partial charge on any atom is 0.129 e. The Bertz CT molecular complexity index is 189. The van der Waals surface area contributed by atoms with Crippen LogP contribution in [-0.4, -0.2) is 5.78 Å². The molecule has 74 valence electrons. The Morgan fingerprint density at radius 3 is 2.46 bits per heavy atom. The highest BCUT2D eigenvalue weighted by molar-refractivity contribution is 5.75. The number of ketones is 1. The zero-order chi connectivity index (χ0) is 10.3. The van der Waals surface area contributed by atoms with E-state index in [1.807, 2.05) is 6.08 Å². The molecule has 0 bridgehead atoms. The van der Waals surface area contributed by atoms with Crippen molar-refractivity contribution in [2.24, 2.45) is 11.8 Å². The molecule has 0 heterocycles. The lowest BCUT2D eigenvalue weighted by Gasteiger charge is -2.15. The van der Waals surface area contributed by atoms with Crippen LogP contribution in [0.1, 0.15) is 33.6 Å². The number of hydrogen-bond donors (Lipinski definition) is 0. The molecule has 0 aromatic heterocycles. The van der Waals surface area contributed by atoms with Crippen LogP contribution in [-0.2, 0) is 4.79 Å².